The average molecular weight is 264 g/mol. The Morgan fingerprint density at radius 3 is 2.22 bits per heavy atom. The Morgan fingerprint density at radius 1 is 1.17 bits per heavy atom. The van der Waals surface area contributed by atoms with Gasteiger partial charge in [-0.25, -0.2) is 9.59 Å². The van der Waals surface area contributed by atoms with Crippen molar-refractivity contribution in [2.75, 3.05) is 41.1 Å². The summed E-state index contributed by atoms with van der Waals surface area (Å²) < 4.78 is 14.6. The van der Waals surface area contributed by atoms with E-state index in [1.54, 1.807) is 0 Å². The molecule has 2 unspecified atom stereocenters. The number of hydrogen-bond acceptors (Lipinski definition) is 5. The summed E-state index contributed by atoms with van der Waals surface area (Å²) in [5, 5.41) is 13.6. The lowest BCUT2D eigenvalue weighted by atomic mass is 10.3. The van der Waals surface area contributed by atoms with Crippen LogP contribution in [0.15, 0.2) is 0 Å². The Morgan fingerprint density at radius 2 is 1.78 bits per heavy atom. The minimum absolute atomic E-state index is 0.103. The molecule has 8 nitrogen and oxygen atoms in total. The molecule has 106 valence electrons. The van der Waals surface area contributed by atoms with Crippen molar-refractivity contribution in [1.82, 2.24) is 10.6 Å². The van der Waals surface area contributed by atoms with E-state index in [2.05, 4.69) is 15.4 Å². The van der Waals surface area contributed by atoms with Crippen molar-refractivity contribution >= 4 is 12.0 Å². The van der Waals surface area contributed by atoms with Crippen LogP contribution in [0, 0.1) is 0 Å². The van der Waals surface area contributed by atoms with E-state index in [4.69, 9.17) is 14.6 Å². The number of aliphatic carboxylic acids is 1. The Bertz CT molecular complexity index is 261. The lowest BCUT2D eigenvalue weighted by Crippen LogP contribution is -2.50. The van der Waals surface area contributed by atoms with Crippen LogP contribution in [0.25, 0.3) is 0 Å². The number of hydrogen-bond donors (Lipinski definition) is 3. The van der Waals surface area contributed by atoms with Crippen LogP contribution in [0.2, 0.25) is 0 Å². The largest absolute Gasteiger partial charge is 0.480 e. The third kappa shape index (κ3) is 7.05. The quantitative estimate of drug-likeness (QED) is 0.495. The molecule has 3 N–H and O–H groups in total. The van der Waals surface area contributed by atoms with E-state index in [0.29, 0.717) is 6.61 Å². The van der Waals surface area contributed by atoms with Gasteiger partial charge in [0.05, 0.1) is 19.3 Å². The van der Waals surface area contributed by atoms with E-state index in [0.717, 1.165) is 0 Å². The maximum Gasteiger partial charge on any atom is 0.328 e. The molecule has 2 atom stereocenters. The second-order valence-corrected chi connectivity index (χ2v) is 3.51. The van der Waals surface area contributed by atoms with Crippen LogP contribution < -0.4 is 10.6 Å². The number of urea groups is 1. The highest BCUT2D eigenvalue weighted by molar-refractivity contribution is 5.82. The van der Waals surface area contributed by atoms with Crippen molar-refractivity contribution in [3.63, 3.8) is 0 Å². The lowest BCUT2D eigenvalue weighted by Gasteiger charge is -2.17. The molecule has 0 aliphatic carbocycles. The molecular formula is C10H20N2O6. The van der Waals surface area contributed by atoms with Gasteiger partial charge in [0.15, 0.2) is 6.04 Å². The lowest BCUT2D eigenvalue weighted by molar-refractivity contribution is -0.140. The fourth-order valence-electron chi connectivity index (χ4n) is 1.15. The Labute approximate surface area is 106 Å². The fraction of sp³-hybridized carbons (Fsp3) is 0.800. The van der Waals surface area contributed by atoms with Crippen molar-refractivity contribution in [2.24, 2.45) is 0 Å². The van der Waals surface area contributed by atoms with E-state index in [1.807, 2.05) is 0 Å². The molecule has 8 heteroatoms. The maximum atomic E-state index is 11.4. The maximum absolute atomic E-state index is 11.4. The van der Waals surface area contributed by atoms with Crippen LogP contribution in [0.3, 0.4) is 0 Å². The minimum Gasteiger partial charge on any atom is -0.480 e. The van der Waals surface area contributed by atoms with E-state index < -0.39 is 18.0 Å². The molecular weight excluding hydrogens is 244 g/mol. The monoisotopic (exact) mass is 264 g/mol. The first-order valence-electron chi connectivity index (χ1n) is 5.33. The van der Waals surface area contributed by atoms with Crippen LogP contribution in [-0.4, -0.2) is 70.3 Å². The predicted molar refractivity (Wildman–Crippen MR) is 62.5 cm³/mol. The van der Waals surface area contributed by atoms with E-state index in [9.17, 15) is 9.59 Å². The number of amides is 2. The number of ether oxygens (including phenoxy) is 3. The van der Waals surface area contributed by atoms with Crippen molar-refractivity contribution in [1.29, 1.82) is 0 Å². The van der Waals surface area contributed by atoms with Crippen molar-refractivity contribution in [3.05, 3.63) is 0 Å². The topological polar surface area (TPSA) is 106 Å². The fourth-order valence-corrected chi connectivity index (χ4v) is 1.15. The number of carboxylic acids is 1. The number of methoxy groups -OCH3 is 3. The van der Waals surface area contributed by atoms with Crippen LogP contribution in [0.4, 0.5) is 4.79 Å². The van der Waals surface area contributed by atoms with Crippen LogP contribution in [-0.2, 0) is 19.0 Å². The van der Waals surface area contributed by atoms with Gasteiger partial charge in [0.25, 0.3) is 0 Å². The zero-order chi connectivity index (χ0) is 14.0. The number of carboxylic acid groups (broad SMARTS) is 1. The Hall–Kier alpha value is -1.38. The second kappa shape index (κ2) is 9.63. The third-order valence-electron chi connectivity index (χ3n) is 2.11. The molecule has 0 spiro atoms. The highest BCUT2D eigenvalue weighted by Crippen LogP contribution is 1.89. The van der Waals surface area contributed by atoms with Crippen LogP contribution in [0.1, 0.15) is 0 Å². The molecule has 0 rings (SSSR count). The Kier molecular flexibility index (Phi) is 8.89. The first-order valence-corrected chi connectivity index (χ1v) is 5.33. The van der Waals surface area contributed by atoms with Gasteiger partial charge in [-0.3, -0.25) is 0 Å². The summed E-state index contributed by atoms with van der Waals surface area (Å²) >= 11 is 0. The zero-order valence-electron chi connectivity index (χ0n) is 10.8. The van der Waals surface area contributed by atoms with Gasteiger partial charge in [-0.2, -0.15) is 0 Å². The number of carbonyl (C=O) groups excluding carboxylic acids is 1. The van der Waals surface area contributed by atoms with E-state index in [1.165, 1.54) is 21.3 Å². The molecule has 18 heavy (non-hydrogen) atoms. The van der Waals surface area contributed by atoms with Gasteiger partial charge in [-0.15, -0.1) is 0 Å². The van der Waals surface area contributed by atoms with Crippen LogP contribution in [0.5, 0.6) is 0 Å². The van der Waals surface area contributed by atoms with Crippen molar-refractivity contribution in [3.8, 4) is 0 Å². The molecule has 0 aliphatic heterocycles. The zero-order valence-corrected chi connectivity index (χ0v) is 10.8. The minimum atomic E-state index is -1.16. The molecule has 0 saturated carbocycles. The van der Waals surface area contributed by atoms with Gasteiger partial charge in [0, 0.05) is 27.9 Å². The molecule has 0 aromatic rings. The molecule has 0 heterocycles. The molecule has 0 aromatic heterocycles. The molecule has 0 saturated heterocycles. The van der Waals surface area contributed by atoms with Gasteiger partial charge in [-0.05, 0) is 0 Å². The summed E-state index contributed by atoms with van der Waals surface area (Å²) in [6.07, 6.45) is -0.286. The van der Waals surface area contributed by atoms with Crippen LogP contribution >= 0.6 is 0 Å². The summed E-state index contributed by atoms with van der Waals surface area (Å²) in [4.78, 5) is 22.2. The highest BCUT2D eigenvalue weighted by Gasteiger charge is 2.19. The molecule has 0 aliphatic rings. The molecule has 0 radical (unpaired) electrons. The van der Waals surface area contributed by atoms with Crippen molar-refractivity contribution < 1.29 is 28.9 Å². The van der Waals surface area contributed by atoms with Gasteiger partial charge >= 0.3 is 12.0 Å². The van der Waals surface area contributed by atoms with E-state index in [-0.39, 0.29) is 19.3 Å². The summed E-state index contributed by atoms with van der Waals surface area (Å²) in [5.41, 5.74) is 0. The average Bonchev–Trinajstić information content (AvgIpc) is 2.33. The molecule has 0 aromatic carbocycles. The van der Waals surface area contributed by atoms with Gasteiger partial charge in [0.2, 0.25) is 0 Å². The second-order valence-electron chi connectivity index (χ2n) is 3.51. The van der Waals surface area contributed by atoms with E-state index >= 15 is 0 Å². The highest BCUT2D eigenvalue weighted by atomic mass is 16.5. The Balaban J connectivity index is 4.04. The number of nitrogens with one attached hydrogen (secondary N) is 2. The summed E-state index contributed by atoms with van der Waals surface area (Å²) in [6.45, 7) is 0.446. The van der Waals surface area contributed by atoms with Gasteiger partial charge in [-0.1, -0.05) is 0 Å². The molecule has 2 amide bonds. The first kappa shape index (κ1) is 16.6. The summed E-state index contributed by atoms with van der Waals surface area (Å²) in [6, 6.07) is -1.68. The smallest absolute Gasteiger partial charge is 0.328 e. The summed E-state index contributed by atoms with van der Waals surface area (Å²) in [5.74, 6) is -1.16. The van der Waals surface area contributed by atoms with Gasteiger partial charge < -0.3 is 30.0 Å². The third-order valence-corrected chi connectivity index (χ3v) is 2.11. The van der Waals surface area contributed by atoms with Crippen molar-refractivity contribution in [2.45, 2.75) is 12.1 Å². The standard InChI is InChI=1S/C10H20N2O6/c1-16-5-7(18-3)4-11-10(15)12-8(6-17-2)9(13)14/h7-8H,4-6H2,1-3H3,(H,13,14)(H2,11,12,15). The predicted octanol–water partition coefficient (Wildman–Crippen LogP) is -0.953. The summed E-state index contributed by atoms with van der Waals surface area (Å²) in [7, 11) is 4.37. The SMILES string of the molecule is COCC(CNC(=O)NC(COC)C(=O)O)OC. The normalized spacial score (nSPS) is 13.7. The molecule has 0 bridgehead atoms. The number of rotatable bonds is 9. The number of carbonyl (C=O) groups is 2. The molecule has 0 fully saturated rings. The first-order chi connectivity index (χ1) is 8.54. The van der Waals surface area contributed by atoms with Gasteiger partial charge in [0.1, 0.15) is 0 Å².